The van der Waals surface area contributed by atoms with Gasteiger partial charge in [-0.2, -0.15) is 0 Å². The number of benzene rings is 1. The number of aliphatic carboxylic acids is 1. The Hall–Kier alpha value is -1.36. The quantitative estimate of drug-likeness (QED) is 0.878. The van der Waals surface area contributed by atoms with E-state index in [1.165, 1.54) is 0 Å². The molecule has 0 aromatic heterocycles. The fraction of sp³-hybridized carbons (Fsp3) is 0.364. The second-order valence-electron chi connectivity index (χ2n) is 3.51. The Morgan fingerprint density at radius 1 is 1.62 bits per heavy atom. The highest BCUT2D eigenvalue weighted by Gasteiger charge is 2.23. The second kappa shape index (κ2) is 4.25. The van der Waals surface area contributed by atoms with E-state index in [0.29, 0.717) is 17.3 Å². The predicted molar refractivity (Wildman–Crippen MR) is 60.4 cm³/mol. The van der Waals surface area contributed by atoms with Gasteiger partial charge >= 0.3 is 5.97 Å². The molecule has 4 nitrogen and oxygen atoms in total. The summed E-state index contributed by atoms with van der Waals surface area (Å²) in [4.78, 5) is 12.0. The van der Waals surface area contributed by atoms with Crippen molar-refractivity contribution in [3.63, 3.8) is 0 Å². The summed E-state index contributed by atoms with van der Waals surface area (Å²) in [5, 5.41) is 9.00. The molecule has 16 heavy (non-hydrogen) atoms. The number of carboxylic acids is 1. The van der Waals surface area contributed by atoms with E-state index in [1.54, 1.807) is 31.9 Å². The topological polar surface area (TPSA) is 55.8 Å². The third-order valence-corrected chi connectivity index (χ3v) is 3.43. The minimum Gasteiger partial charge on any atom is -0.496 e. The Bertz CT molecular complexity index is 430. The third kappa shape index (κ3) is 1.82. The second-order valence-corrected chi connectivity index (χ2v) is 4.47. The molecule has 1 atom stereocenters. The van der Waals surface area contributed by atoms with E-state index in [1.807, 2.05) is 6.07 Å². The zero-order chi connectivity index (χ0) is 11.7. The molecule has 1 N–H and O–H groups in total. The van der Waals surface area contributed by atoms with Gasteiger partial charge in [-0.3, -0.25) is 4.79 Å². The first-order valence-electron chi connectivity index (χ1n) is 4.84. The Balaban J connectivity index is 2.47. The standard InChI is InChI=1S/C11H12O4S/c1-6(11(12)13)7-3-9-10(16-5-15-9)4-8(7)14-2/h3-4,6H,5H2,1-2H3,(H,12,13). The molecule has 0 spiro atoms. The summed E-state index contributed by atoms with van der Waals surface area (Å²) in [5.41, 5.74) is 0.649. The third-order valence-electron chi connectivity index (χ3n) is 2.56. The number of ether oxygens (including phenoxy) is 2. The summed E-state index contributed by atoms with van der Waals surface area (Å²) in [6.07, 6.45) is 0. The van der Waals surface area contributed by atoms with Gasteiger partial charge in [-0.15, -0.1) is 0 Å². The molecule has 1 heterocycles. The lowest BCUT2D eigenvalue weighted by molar-refractivity contribution is -0.138. The molecule has 1 aliphatic rings. The first-order valence-corrected chi connectivity index (χ1v) is 5.82. The van der Waals surface area contributed by atoms with Crippen LogP contribution in [0.5, 0.6) is 11.5 Å². The Labute approximate surface area is 97.6 Å². The van der Waals surface area contributed by atoms with Crippen LogP contribution in [-0.4, -0.2) is 24.1 Å². The Morgan fingerprint density at radius 2 is 2.38 bits per heavy atom. The lowest BCUT2D eigenvalue weighted by Crippen LogP contribution is -2.09. The molecular weight excluding hydrogens is 228 g/mol. The molecule has 1 aliphatic heterocycles. The molecule has 0 saturated carbocycles. The summed E-state index contributed by atoms with van der Waals surface area (Å²) in [6, 6.07) is 3.59. The maximum absolute atomic E-state index is 11.0. The van der Waals surface area contributed by atoms with Gasteiger partial charge in [-0.05, 0) is 19.1 Å². The average molecular weight is 240 g/mol. The number of thioether (sulfide) groups is 1. The average Bonchev–Trinajstić information content (AvgIpc) is 2.72. The molecule has 0 saturated heterocycles. The monoisotopic (exact) mass is 240 g/mol. The minimum atomic E-state index is -0.871. The molecule has 86 valence electrons. The van der Waals surface area contributed by atoms with Crippen molar-refractivity contribution in [3.8, 4) is 11.5 Å². The lowest BCUT2D eigenvalue weighted by atomic mass is 10.00. The van der Waals surface area contributed by atoms with Crippen molar-refractivity contribution < 1.29 is 19.4 Å². The van der Waals surface area contributed by atoms with Crippen molar-refractivity contribution in [2.24, 2.45) is 0 Å². The van der Waals surface area contributed by atoms with Crippen molar-refractivity contribution in [2.45, 2.75) is 17.7 Å². The summed E-state index contributed by atoms with van der Waals surface area (Å²) < 4.78 is 10.6. The van der Waals surface area contributed by atoms with Gasteiger partial charge in [0.25, 0.3) is 0 Å². The fourth-order valence-corrected chi connectivity index (χ4v) is 2.35. The number of methoxy groups -OCH3 is 1. The van der Waals surface area contributed by atoms with Crippen LogP contribution in [0.1, 0.15) is 18.4 Å². The molecule has 1 aromatic carbocycles. The number of hydrogen-bond donors (Lipinski definition) is 1. The Kier molecular flexibility index (Phi) is 2.96. The number of hydrogen-bond acceptors (Lipinski definition) is 4. The highest BCUT2D eigenvalue weighted by Crippen LogP contribution is 2.42. The lowest BCUT2D eigenvalue weighted by Gasteiger charge is -2.13. The first-order chi connectivity index (χ1) is 7.63. The van der Waals surface area contributed by atoms with E-state index >= 15 is 0 Å². The van der Waals surface area contributed by atoms with Crippen LogP contribution in [-0.2, 0) is 4.79 Å². The molecule has 0 radical (unpaired) electrons. The van der Waals surface area contributed by atoms with Gasteiger partial charge in [0.15, 0.2) is 0 Å². The van der Waals surface area contributed by atoms with E-state index in [-0.39, 0.29) is 0 Å². The largest absolute Gasteiger partial charge is 0.496 e. The molecule has 5 heteroatoms. The van der Waals surface area contributed by atoms with E-state index in [9.17, 15) is 4.79 Å². The van der Waals surface area contributed by atoms with E-state index in [0.717, 1.165) is 10.6 Å². The van der Waals surface area contributed by atoms with Crippen molar-refractivity contribution in [1.82, 2.24) is 0 Å². The van der Waals surface area contributed by atoms with Crippen LogP contribution in [0.2, 0.25) is 0 Å². The van der Waals surface area contributed by atoms with Gasteiger partial charge in [-0.25, -0.2) is 0 Å². The summed E-state index contributed by atoms with van der Waals surface area (Å²) in [7, 11) is 1.54. The minimum absolute atomic E-state index is 0.573. The van der Waals surface area contributed by atoms with Crippen LogP contribution in [0, 0.1) is 0 Å². The highest BCUT2D eigenvalue weighted by atomic mass is 32.2. The maximum atomic E-state index is 11.0. The van der Waals surface area contributed by atoms with Crippen LogP contribution in [0.25, 0.3) is 0 Å². The molecule has 0 aliphatic carbocycles. The zero-order valence-corrected chi connectivity index (χ0v) is 9.84. The SMILES string of the molecule is COc1cc2c(cc1C(C)C(=O)O)OCS2. The molecular formula is C11H12O4S. The van der Waals surface area contributed by atoms with Crippen LogP contribution >= 0.6 is 11.8 Å². The summed E-state index contributed by atoms with van der Waals surface area (Å²) in [6.45, 7) is 1.63. The number of fused-ring (bicyclic) bond motifs is 1. The molecule has 1 unspecified atom stereocenters. The van der Waals surface area contributed by atoms with Gasteiger partial charge in [0, 0.05) is 5.56 Å². The van der Waals surface area contributed by atoms with E-state index in [4.69, 9.17) is 14.6 Å². The van der Waals surface area contributed by atoms with Crippen molar-refractivity contribution >= 4 is 17.7 Å². The summed E-state index contributed by atoms with van der Waals surface area (Å²) >= 11 is 1.58. The van der Waals surface area contributed by atoms with Gasteiger partial charge in [-0.1, -0.05) is 11.8 Å². The Morgan fingerprint density at radius 3 is 3.00 bits per heavy atom. The molecule has 1 aromatic rings. The van der Waals surface area contributed by atoms with Gasteiger partial charge < -0.3 is 14.6 Å². The summed E-state index contributed by atoms with van der Waals surface area (Å²) in [5.74, 6) is 0.447. The van der Waals surface area contributed by atoms with Crippen LogP contribution in [0.3, 0.4) is 0 Å². The molecule has 2 rings (SSSR count). The van der Waals surface area contributed by atoms with Crippen LogP contribution in [0.4, 0.5) is 0 Å². The van der Waals surface area contributed by atoms with Crippen LogP contribution in [0.15, 0.2) is 17.0 Å². The van der Waals surface area contributed by atoms with Gasteiger partial charge in [0.2, 0.25) is 0 Å². The number of carbonyl (C=O) groups is 1. The highest BCUT2D eigenvalue weighted by molar-refractivity contribution is 7.99. The first kappa shape index (κ1) is 11.1. The predicted octanol–water partition coefficient (Wildman–Crippen LogP) is 2.33. The molecule has 0 bridgehead atoms. The maximum Gasteiger partial charge on any atom is 0.310 e. The normalized spacial score (nSPS) is 15.1. The number of rotatable bonds is 3. The van der Waals surface area contributed by atoms with Crippen LogP contribution < -0.4 is 9.47 Å². The van der Waals surface area contributed by atoms with Crippen molar-refractivity contribution in [3.05, 3.63) is 17.7 Å². The van der Waals surface area contributed by atoms with Crippen molar-refractivity contribution in [2.75, 3.05) is 13.0 Å². The fourth-order valence-electron chi connectivity index (χ4n) is 1.59. The van der Waals surface area contributed by atoms with E-state index in [2.05, 4.69) is 0 Å². The van der Waals surface area contributed by atoms with Crippen molar-refractivity contribution in [1.29, 1.82) is 0 Å². The number of carboxylic acid groups (broad SMARTS) is 1. The smallest absolute Gasteiger partial charge is 0.310 e. The van der Waals surface area contributed by atoms with E-state index < -0.39 is 11.9 Å². The zero-order valence-electron chi connectivity index (χ0n) is 9.02. The molecule has 0 amide bonds. The molecule has 0 fully saturated rings. The van der Waals surface area contributed by atoms with Gasteiger partial charge in [0.05, 0.1) is 17.9 Å². The van der Waals surface area contributed by atoms with Gasteiger partial charge in [0.1, 0.15) is 17.4 Å².